The lowest BCUT2D eigenvalue weighted by molar-refractivity contribution is -0.119. The molecule has 0 heterocycles. The highest BCUT2D eigenvalue weighted by Gasteiger charge is 2.17. The molecule has 104 valence electrons. The number of Topliss-reactive ketones (excluding diaryl/α,β-unsaturated/α-hetero) is 1. The van der Waals surface area contributed by atoms with Crippen LogP contribution in [0.5, 0.6) is 0 Å². The lowest BCUT2D eigenvalue weighted by Crippen LogP contribution is -2.32. The summed E-state index contributed by atoms with van der Waals surface area (Å²) < 4.78 is 12.8. The summed E-state index contributed by atoms with van der Waals surface area (Å²) in [5.41, 5.74) is 0.464. The van der Waals surface area contributed by atoms with Gasteiger partial charge in [0.15, 0.2) is 5.78 Å². The summed E-state index contributed by atoms with van der Waals surface area (Å²) in [5.74, 6) is -0.305. The van der Waals surface area contributed by atoms with E-state index in [1.54, 1.807) is 6.92 Å². The molecule has 1 N–H and O–H groups in total. The van der Waals surface area contributed by atoms with Gasteiger partial charge in [0.05, 0.1) is 11.0 Å². The van der Waals surface area contributed by atoms with Crippen LogP contribution in [0.2, 0.25) is 0 Å². The van der Waals surface area contributed by atoms with Crippen LogP contribution in [0.1, 0.15) is 31.1 Å². The van der Waals surface area contributed by atoms with E-state index in [9.17, 15) is 14.0 Å². The normalized spacial score (nSPS) is 12.3. The average molecular weight is 283 g/mol. The lowest BCUT2D eigenvalue weighted by atomic mass is 10.1. The van der Waals surface area contributed by atoms with Gasteiger partial charge in [-0.05, 0) is 45.0 Å². The van der Waals surface area contributed by atoms with E-state index in [1.165, 1.54) is 36.0 Å². The number of benzene rings is 1. The molecular formula is C14H18FNO2S. The van der Waals surface area contributed by atoms with Crippen LogP contribution in [-0.2, 0) is 4.79 Å². The van der Waals surface area contributed by atoms with Crippen molar-refractivity contribution in [3.05, 3.63) is 35.6 Å². The Morgan fingerprint density at radius 1 is 1.21 bits per heavy atom. The second kappa shape index (κ2) is 7.28. The van der Waals surface area contributed by atoms with Crippen LogP contribution < -0.4 is 5.32 Å². The standard InChI is InChI=1S/C14H18FNO2S/c1-9(2)16-13(17)8-19-10(3)14(18)11-4-6-12(15)7-5-11/h4-7,9-10H,8H2,1-3H3,(H,16,17). The Bertz CT molecular complexity index is 445. The Balaban J connectivity index is 2.49. The van der Waals surface area contributed by atoms with Gasteiger partial charge in [0.1, 0.15) is 5.82 Å². The minimum Gasteiger partial charge on any atom is -0.353 e. The predicted octanol–water partition coefficient (Wildman–Crippen LogP) is 2.65. The summed E-state index contributed by atoms with van der Waals surface area (Å²) in [6.45, 7) is 5.52. The molecule has 1 aromatic rings. The van der Waals surface area contributed by atoms with Crippen molar-refractivity contribution in [3.63, 3.8) is 0 Å². The van der Waals surface area contributed by atoms with Crippen LogP contribution in [0.3, 0.4) is 0 Å². The molecule has 0 aliphatic heterocycles. The van der Waals surface area contributed by atoms with Gasteiger partial charge in [-0.25, -0.2) is 4.39 Å². The second-order valence-corrected chi connectivity index (χ2v) is 5.88. The van der Waals surface area contributed by atoms with Crippen LogP contribution in [0.15, 0.2) is 24.3 Å². The van der Waals surface area contributed by atoms with E-state index in [0.29, 0.717) is 5.56 Å². The third-order valence-electron chi connectivity index (χ3n) is 2.41. The maximum atomic E-state index is 12.8. The zero-order valence-electron chi connectivity index (χ0n) is 11.3. The first-order valence-corrected chi connectivity index (χ1v) is 7.15. The predicted molar refractivity (Wildman–Crippen MR) is 75.9 cm³/mol. The van der Waals surface area contributed by atoms with Crippen LogP contribution in [-0.4, -0.2) is 28.7 Å². The number of nitrogens with one attached hydrogen (secondary N) is 1. The van der Waals surface area contributed by atoms with Gasteiger partial charge >= 0.3 is 0 Å². The van der Waals surface area contributed by atoms with E-state index >= 15 is 0 Å². The molecule has 0 saturated heterocycles. The first-order valence-electron chi connectivity index (χ1n) is 6.11. The first kappa shape index (κ1) is 15.7. The third kappa shape index (κ3) is 5.42. The fraction of sp³-hybridized carbons (Fsp3) is 0.429. The Kier molecular flexibility index (Phi) is 6.02. The summed E-state index contributed by atoms with van der Waals surface area (Å²) in [6.07, 6.45) is 0. The van der Waals surface area contributed by atoms with E-state index in [4.69, 9.17) is 0 Å². The van der Waals surface area contributed by atoms with Gasteiger partial charge in [-0.1, -0.05) is 0 Å². The molecule has 1 atom stereocenters. The highest BCUT2D eigenvalue weighted by molar-refractivity contribution is 8.01. The lowest BCUT2D eigenvalue weighted by Gasteiger charge is -2.12. The number of carbonyl (C=O) groups is 2. The van der Waals surface area contributed by atoms with Crippen LogP contribution in [0, 0.1) is 5.82 Å². The van der Waals surface area contributed by atoms with Gasteiger partial charge in [-0.2, -0.15) is 0 Å². The topological polar surface area (TPSA) is 46.2 Å². The molecule has 19 heavy (non-hydrogen) atoms. The van der Waals surface area contributed by atoms with Crippen molar-refractivity contribution in [3.8, 4) is 0 Å². The van der Waals surface area contributed by atoms with Crippen LogP contribution >= 0.6 is 11.8 Å². The summed E-state index contributed by atoms with van der Waals surface area (Å²) in [7, 11) is 0. The first-order chi connectivity index (χ1) is 8.90. The number of rotatable bonds is 6. The number of carbonyl (C=O) groups excluding carboxylic acids is 2. The van der Waals surface area contributed by atoms with Crippen LogP contribution in [0.4, 0.5) is 4.39 Å². The van der Waals surface area contributed by atoms with Crippen molar-refractivity contribution < 1.29 is 14.0 Å². The third-order valence-corrected chi connectivity index (χ3v) is 3.55. The molecule has 5 heteroatoms. The molecule has 0 aromatic heterocycles. The molecule has 3 nitrogen and oxygen atoms in total. The molecule has 0 saturated carbocycles. The zero-order valence-corrected chi connectivity index (χ0v) is 12.1. The number of amides is 1. The Hall–Kier alpha value is -1.36. The van der Waals surface area contributed by atoms with Gasteiger partial charge in [0.25, 0.3) is 0 Å². The quantitative estimate of drug-likeness (QED) is 0.816. The molecule has 0 aliphatic carbocycles. The van der Waals surface area contributed by atoms with E-state index in [0.717, 1.165) is 0 Å². The minimum absolute atomic E-state index is 0.0845. The fourth-order valence-electron chi connectivity index (χ4n) is 1.49. The second-order valence-electron chi connectivity index (χ2n) is 4.55. The molecule has 0 aliphatic rings. The molecule has 0 bridgehead atoms. The summed E-state index contributed by atoms with van der Waals surface area (Å²) in [4.78, 5) is 23.5. The molecular weight excluding hydrogens is 265 g/mol. The van der Waals surface area contributed by atoms with Crippen LogP contribution in [0.25, 0.3) is 0 Å². The van der Waals surface area contributed by atoms with Gasteiger partial charge < -0.3 is 5.32 Å². The van der Waals surface area contributed by atoms with E-state index in [2.05, 4.69) is 5.32 Å². The largest absolute Gasteiger partial charge is 0.353 e. The Labute approximate surface area is 117 Å². The molecule has 1 unspecified atom stereocenters. The highest BCUT2D eigenvalue weighted by Crippen LogP contribution is 2.16. The van der Waals surface area contributed by atoms with Gasteiger partial charge in [-0.3, -0.25) is 9.59 Å². The average Bonchev–Trinajstić information content (AvgIpc) is 2.35. The van der Waals surface area contributed by atoms with Crippen molar-refractivity contribution in [2.75, 3.05) is 5.75 Å². The zero-order chi connectivity index (χ0) is 14.4. The SMILES string of the molecule is CC(C)NC(=O)CSC(C)C(=O)c1ccc(F)cc1. The van der Waals surface area contributed by atoms with Gasteiger partial charge in [-0.15, -0.1) is 11.8 Å². The van der Waals surface area contributed by atoms with E-state index in [1.807, 2.05) is 13.8 Å². The van der Waals surface area contributed by atoms with Crippen molar-refractivity contribution in [1.82, 2.24) is 5.32 Å². The summed E-state index contributed by atoms with van der Waals surface area (Å²) in [6, 6.07) is 5.54. The van der Waals surface area contributed by atoms with Gasteiger partial charge in [0, 0.05) is 11.6 Å². The van der Waals surface area contributed by atoms with Crippen molar-refractivity contribution >= 4 is 23.5 Å². The molecule has 0 spiro atoms. The van der Waals surface area contributed by atoms with E-state index in [-0.39, 0.29) is 34.6 Å². The molecule has 1 amide bonds. The number of hydrogen-bond acceptors (Lipinski definition) is 3. The van der Waals surface area contributed by atoms with E-state index < -0.39 is 0 Å². The number of hydrogen-bond donors (Lipinski definition) is 1. The van der Waals surface area contributed by atoms with Crippen molar-refractivity contribution in [2.45, 2.75) is 32.1 Å². The maximum absolute atomic E-state index is 12.8. The smallest absolute Gasteiger partial charge is 0.230 e. The van der Waals surface area contributed by atoms with Crippen molar-refractivity contribution in [2.24, 2.45) is 0 Å². The molecule has 0 fully saturated rings. The molecule has 1 aromatic carbocycles. The molecule has 0 radical (unpaired) electrons. The summed E-state index contributed by atoms with van der Waals surface area (Å²) in [5, 5.41) is 2.43. The number of ketones is 1. The Morgan fingerprint density at radius 2 is 1.79 bits per heavy atom. The molecule has 1 rings (SSSR count). The summed E-state index contributed by atoms with van der Waals surface area (Å²) >= 11 is 1.28. The monoisotopic (exact) mass is 283 g/mol. The Morgan fingerprint density at radius 3 is 2.32 bits per heavy atom. The highest BCUT2D eigenvalue weighted by atomic mass is 32.2. The minimum atomic E-state index is -0.367. The number of halogens is 1. The fourth-order valence-corrected chi connectivity index (χ4v) is 2.26. The number of thioether (sulfide) groups is 1. The maximum Gasteiger partial charge on any atom is 0.230 e. The van der Waals surface area contributed by atoms with Crippen molar-refractivity contribution in [1.29, 1.82) is 0 Å². The van der Waals surface area contributed by atoms with Gasteiger partial charge in [0.2, 0.25) is 5.91 Å².